The van der Waals surface area contributed by atoms with Crippen molar-refractivity contribution >= 4 is 11.9 Å². The Morgan fingerprint density at radius 3 is 1.48 bits per heavy atom. The normalized spacial score (nSPS) is 12.8. The molecule has 0 aliphatic heterocycles. The van der Waals surface area contributed by atoms with Gasteiger partial charge in [-0.25, -0.2) is 0 Å². The van der Waals surface area contributed by atoms with Crippen molar-refractivity contribution in [2.45, 2.75) is 194 Å². The molecule has 0 aromatic carbocycles. The fourth-order valence-electron chi connectivity index (χ4n) is 5.45. The zero-order valence-electron chi connectivity index (χ0n) is 32.9. The Labute approximate surface area is 309 Å². The van der Waals surface area contributed by atoms with Gasteiger partial charge in [-0.05, 0) is 77.0 Å². The van der Waals surface area contributed by atoms with E-state index >= 15 is 0 Å². The standard InChI is InChI=1S/C45H78O5/c1-4-7-10-13-16-18-20-22-24-26-28-31-34-37-40-48-41-43(50-45(47)39-36-33-29-15-12-9-6-3)42-49-44(46)38-35-32-30-27-25-23-21-19-17-14-11-8-5-2/h7,10,16,18-19,21-22,24,28,31,43H,4-6,8-9,11-15,17,20,23,25-27,29-30,32-42H2,1-3H3/b10-7-,18-16-,21-19-,24-22-,31-28-. The number of unbranched alkanes of at least 4 members (excludes halogenated alkanes) is 16. The molecule has 0 aliphatic carbocycles. The Kier molecular flexibility index (Phi) is 39.1. The van der Waals surface area contributed by atoms with E-state index in [2.05, 4.69) is 81.5 Å². The molecule has 0 radical (unpaired) electrons. The molecule has 288 valence electrons. The number of esters is 2. The lowest BCUT2D eigenvalue weighted by molar-refractivity contribution is -0.163. The number of hydrogen-bond acceptors (Lipinski definition) is 5. The first-order valence-corrected chi connectivity index (χ1v) is 20.8. The molecule has 0 fully saturated rings. The molecule has 0 aromatic heterocycles. The van der Waals surface area contributed by atoms with Crippen LogP contribution in [0.1, 0.15) is 188 Å². The van der Waals surface area contributed by atoms with Crippen molar-refractivity contribution in [3.63, 3.8) is 0 Å². The van der Waals surface area contributed by atoms with Gasteiger partial charge in [0.05, 0.1) is 6.61 Å². The third-order valence-electron chi connectivity index (χ3n) is 8.54. The second kappa shape index (κ2) is 41.0. The van der Waals surface area contributed by atoms with Crippen LogP contribution in [0.15, 0.2) is 60.8 Å². The Bertz CT molecular complexity index is 884. The van der Waals surface area contributed by atoms with Crippen LogP contribution in [-0.2, 0) is 23.8 Å². The highest BCUT2D eigenvalue weighted by atomic mass is 16.6. The first kappa shape index (κ1) is 47.6. The van der Waals surface area contributed by atoms with E-state index in [1.54, 1.807) is 0 Å². The average Bonchev–Trinajstić information content (AvgIpc) is 3.11. The van der Waals surface area contributed by atoms with Crippen LogP contribution in [0.2, 0.25) is 0 Å². The molecule has 1 unspecified atom stereocenters. The first-order chi connectivity index (χ1) is 24.6. The first-order valence-electron chi connectivity index (χ1n) is 20.8. The monoisotopic (exact) mass is 699 g/mol. The number of carbonyl (C=O) groups excluding carboxylic acids is 2. The molecule has 0 aromatic rings. The van der Waals surface area contributed by atoms with Crippen molar-refractivity contribution in [3.8, 4) is 0 Å². The minimum atomic E-state index is -0.562. The topological polar surface area (TPSA) is 61.8 Å². The van der Waals surface area contributed by atoms with E-state index in [4.69, 9.17) is 14.2 Å². The second-order valence-corrected chi connectivity index (χ2v) is 13.5. The fourth-order valence-corrected chi connectivity index (χ4v) is 5.45. The lowest BCUT2D eigenvalue weighted by Gasteiger charge is -2.18. The quantitative estimate of drug-likeness (QED) is 0.0367. The minimum Gasteiger partial charge on any atom is -0.462 e. The van der Waals surface area contributed by atoms with Gasteiger partial charge in [0.1, 0.15) is 6.61 Å². The van der Waals surface area contributed by atoms with Crippen molar-refractivity contribution in [1.82, 2.24) is 0 Å². The van der Waals surface area contributed by atoms with Gasteiger partial charge in [-0.1, -0.05) is 159 Å². The lowest BCUT2D eigenvalue weighted by Crippen LogP contribution is -2.30. The van der Waals surface area contributed by atoms with E-state index in [1.807, 2.05) is 0 Å². The molecule has 0 amide bonds. The maximum atomic E-state index is 12.6. The SMILES string of the molecule is CC/C=C\C/C=C\C/C=C\C/C=C\CCCOCC(COC(=O)CCCCCCC/C=C\CCCCCC)OC(=O)CCCCCCCCC. The van der Waals surface area contributed by atoms with Crippen LogP contribution in [0.3, 0.4) is 0 Å². The lowest BCUT2D eigenvalue weighted by atomic mass is 10.1. The summed E-state index contributed by atoms with van der Waals surface area (Å²) in [6.07, 6.45) is 49.5. The van der Waals surface area contributed by atoms with Gasteiger partial charge in [-0.15, -0.1) is 0 Å². The summed E-state index contributed by atoms with van der Waals surface area (Å²) in [5.41, 5.74) is 0. The van der Waals surface area contributed by atoms with Gasteiger partial charge in [-0.3, -0.25) is 9.59 Å². The highest BCUT2D eigenvalue weighted by Gasteiger charge is 2.17. The van der Waals surface area contributed by atoms with Crippen LogP contribution in [-0.4, -0.2) is 37.9 Å². The molecule has 0 bridgehead atoms. The fraction of sp³-hybridized carbons (Fsp3) is 0.733. The summed E-state index contributed by atoms with van der Waals surface area (Å²) in [7, 11) is 0. The number of hydrogen-bond donors (Lipinski definition) is 0. The molecule has 0 heterocycles. The maximum Gasteiger partial charge on any atom is 0.306 e. The third kappa shape index (κ3) is 38.4. The number of ether oxygens (including phenoxy) is 3. The molecule has 0 N–H and O–H groups in total. The van der Waals surface area contributed by atoms with E-state index < -0.39 is 6.10 Å². The van der Waals surface area contributed by atoms with Crippen molar-refractivity contribution < 1.29 is 23.8 Å². The van der Waals surface area contributed by atoms with Crippen LogP contribution in [0.25, 0.3) is 0 Å². The van der Waals surface area contributed by atoms with Crippen LogP contribution in [0.5, 0.6) is 0 Å². The van der Waals surface area contributed by atoms with Crippen molar-refractivity contribution in [3.05, 3.63) is 60.8 Å². The van der Waals surface area contributed by atoms with E-state index in [0.29, 0.717) is 19.4 Å². The van der Waals surface area contributed by atoms with Gasteiger partial charge in [0.15, 0.2) is 6.10 Å². The average molecular weight is 699 g/mol. The Balaban J connectivity index is 4.29. The van der Waals surface area contributed by atoms with E-state index in [1.165, 1.54) is 70.6 Å². The maximum absolute atomic E-state index is 12.6. The Morgan fingerprint density at radius 1 is 0.460 bits per heavy atom. The Hall–Kier alpha value is -2.40. The number of rotatable bonds is 37. The van der Waals surface area contributed by atoms with Gasteiger partial charge >= 0.3 is 11.9 Å². The molecule has 0 rings (SSSR count). The van der Waals surface area contributed by atoms with Gasteiger partial charge in [0.25, 0.3) is 0 Å². The number of carbonyl (C=O) groups is 2. The summed E-state index contributed by atoms with van der Waals surface area (Å²) in [5.74, 6) is -0.446. The van der Waals surface area contributed by atoms with Gasteiger partial charge in [0, 0.05) is 19.4 Å². The largest absolute Gasteiger partial charge is 0.462 e. The van der Waals surface area contributed by atoms with Gasteiger partial charge in [0.2, 0.25) is 0 Å². The predicted molar refractivity (Wildman–Crippen MR) is 214 cm³/mol. The molecule has 0 saturated heterocycles. The van der Waals surface area contributed by atoms with Gasteiger partial charge < -0.3 is 14.2 Å². The zero-order chi connectivity index (χ0) is 36.4. The number of allylic oxidation sites excluding steroid dienone is 10. The zero-order valence-corrected chi connectivity index (χ0v) is 32.9. The summed E-state index contributed by atoms with van der Waals surface area (Å²) in [5, 5.41) is 0. The summed E-state index contributed by atoms with van der Waals surface area (Å²) in [6, 6.07) is 0. The molecule has 0 aliphatic rings. The van der Waals surface area contributed by atoms with E-state index in [0.717, 1.165) is 83.5 Å². The molecular weight excluding hydrogens is 620 g/mol. The molecule has 1 atom stereocenters. The molecule has 5 nitrogen and oxygen atoms in total. The highest BCUT2D eigenvalue weighted by Crippen LogP contribution is 2.12. The van der Waals surface area contributed by atoms with Gasteiger partial charge in [-0.2, -0.15) is 0 Å². The smallest absolute Gasteiger partial charge is 0.306 e. The molecule has 0 saturated carbocycles. The summed E-state index contributed by atoms with van der Waals surface area (Å²) in [4.78, 5) is 25.0. The van der Waals surface area contributed by atoms with E-state index in [9.17, 15) is 9.59 Å². The van der Waals surface area contributed by atoms with Crippen LogP contribution < -0.4 is 0 Å². The van der Waals surface area contributed by atoms with Crippen LogP contribution >= 0.6 is 0 Å². The summed E-state index contributed by atoms with van der Waals surface area (Å²) >= 11 is 0. The summed E-state index contributed by atoms with van der Waals surface area (Å²) in [6.45, 7) is 7.50. The summed E-state index contributed by atoms with van der Waals surface area (Å²) < 4.78 is 17.1. The molecule has 5 heteroatoms. The molecule has 50 heavy (non-hydrogen) atoms. The van der Waals surface area contributed by atoms with Crippen molar-refractivity contribution in [1.29, 1.82) is 0 Å². The second-order valence-electron chi connectivity index (χ2n) is 13.5. The van der Waals surface area contributed by atoms with Crippen LogP contribution in [0, 0.1) is 0 Å². The predicted octanol–water partition coefficient (Wildman–Crippen LogP) is 13.4. The third-order valence-corrected chi connectivity index (χ3v) is 8.54. The van der Waals surface area contributed by atoms with Crippen LogP contribution in [0.4, 0.5) is 0 Å². The van der Waals surface area contributed by atoms with E-state index in [-0.39, 0.29) is 25.2 Å². The highest BCUT2D eigenvalue weighted by molar-refractivity contribution is 5.70. The minimum absolute atomic E-state index is 0.0588. The molecular formula is C45H78O5. The van der Waals surface area contributed by atoms with Crippen molar-refractivity contribution in [2.24, 2.45) is 0 Å². The Morgan fingerprint density at radius 2 is 0.900 bits per heavy atom. The molecule has 0 spiro atoms. The van der Waals surface area contributed by atoms with Crippen molar-refractivity contribution in [2.75, 3.05) is 19.8 Å².